The molecule has 1 aromatic carbocycles. The van der Waals surface area contributed by atoms with E-state index in [1.165, 1.54) is 12.8 Å². The van der Waals surface area contributed by atoms with Crippen molar-refractivity contribution in [1.29, 1.82) is 0 Å². The van der Waals surface area contributed by atoms with Gasteiger partial charge in [-0.2, -0.15) is 0 Å². The number of carbonyl (C=O) groups is 1. The second-order valence-electron chi connectivity index (χ2n) is 6.64. The molecule has 114 valence electrons. The molecule has 1 aliphatic carbocycles. The minimum atomic E-state index is -0.877. The van der Waals surface area contributed by atoms with Gasteiger partial charge in [0.1, 0.15) is 0 Å². The van der Waals surface area contributed by atoms with Gasteiger partial charge >= 0.3 is 5.97 Å². The fraction of sp³-hybridized carbons (Fsp3) is 0.588. The Labute approximate surface area is 125 Å². The summed E-state index contributed by atoms with van der Waals surface area (Å²) in [5.74, 6) is -0.105. The maximum Gasteiger partial charge on any atom is 0.335 e. The normalized spacial score (nSPS) is 28.7. The minimum absolute atomic E-state index is 0.238. The van der Waals surface area contributed by atoms with Gasteiger partial charge in [-0.05, 0) is 42.9 Å². The van der Waals surface area contributed by atoms with E-state index in [0.29, 0.717) is 11.7 Å². The first-order chi connectivity index (χ1) is 10.1. The summed E-state index contributed by atoms with van der Waals surface area (Å²) in [5.41, 5.74) is 1.69. The molecule has 2 unspecified atom stereocenters. The van der Waals surface area contributed by atoms with Crippen LogP contribution >= 0.6 is 0 Å². The predicted molar refractivity (Wildman–Crippen MR) is 80.3 cm³/mol. The Morgan fingerprint density at radius 1 is 1.38 bits per heavy atom. The van der Waals surface area contributed by atoms with Crippen molar-refractivity contribution in [2.75, 3.05) is 13.2 Å². The summed E-state index contributed by atoms with van der Waals surface area (Å²) in [7, 11) is 0. The second-order valence-corrected chi connectivity index (χ2v) is 6.64. The van der Waals surface area contributed by atoms with Crippen LogP contribution in [-0.4, -0.2) is 30.3 Å². The van der Waals surface area contributed by atoms with Crippen LogP contribution in [0.4, 0.5) is 0 Å². The SMILES string of the molecule is CC1(CNCc2ccc(C(=O)O)cc2)CCOC1C1CC1. The lowest BCUT2D eigenvalue weighted by Crippen LogP contribution is -2.39. The van der Waals surface area contributed by atoms with E-state index < -0.39 is 5.97 Å². The molecule has 1 saturated heterocycles. The van der Waals surface area contributed by atoms with Crippen LogP contribution in [0.25, 0.3) is 0 Å². The predicted octanol–water partition coefficient (Wildman–Crippen LogP) is 2.68. The van der Waals surface area contributed by atoms with Crippen molar-refractivity contribution in [3.63, 3.8) is 0 Å². The van der Waals surface area contributed by atoms with Gasteiger partial charge in [-0.1, -0.05) is 19.1 Å². The molecule has 1 aliphatic heterocycles. The van der Waals surface area contributed by atoms with Gasteiger partial charge in [0.05, 0.1) is 11.7 Å². The van der Waals surface area contributed by atoms with Crippen LogP contribution in [-0.2, 0) is 11.3 Å². The van der Waals surface area contributed by atoms with Gasteiger partial charge < -0.3 is 15.2 Å². The topological polar surface area (TPSA) is 58.6 Å². The quantitative estimate of drug-likeness (QED) is 0.845. The number of carboxylic acid groups (broad SMARTS) is 1. The molecule has 2 N–H and O–H groups in total. The van der Waals surface area contributed by atoms with E-state index in [4.69, 9.17) is 9.84 Å². The molecule has 2 aliphatic rings. The number of aromatic carboxylic acids is 1. The standard InChI is InChI=1S/C17H23NO3/c1-17(8-9-21-15(17)13-6-7-13)11-18-10-12-2-4-14(5-3-12)16(19)20/h2-5,13,15,18H,6-11H2,1H3,(H,19,20). The Morgan fingerprint density at radius 3 is 2.71 bits per heavy atom. The molecule has 21 heavy (non-hydrogen) atoms. The molecule has 0 spiro atoms. The largest absolute Gasteiger partial charge is 0.478 e. The van der Waals surface area contributed by atoms with Gasteiger partial charge in [-0.25, -0.2) is 4.79 Å². The summed E-state index contributed by atoms with van der Waals surface area (Å²) in [6.45, 7) is 4.93. The highest BCUT2D eigenvalue weighted by Gasteiger charge is 2.47. The molecular formula is C17H23NO3. The molecule has 0 amide bonds. The Kier molecular flexibility index (Phi) is 4.00. The van der Waals surface area contributed by atoms with Crippen molar-refractivity contribution >= 4 is 5.97 Å². The molecule has 2 fully saturated rings. The van der Waals surface area contributed by atoms with Crippen molar-refractivity contribution in [1.82, 2.24) is 5.32 Å². The van der Waals surface area contributed by atoms with E-state index in [9.17, 15) is 4.79 Å². The van der Waals surface area contributed by atoms with Crippen LogP contribution in [0.2, 0.25) is 0 Å². The van der Waals surface area contributed by atoms with Crippen LogP contribution < -0.4 is 5.32 Å². The van der Waals surface area contributed by atoms with E-state index in [0.717, 1.165) is 37.6 Å². The Bertz CT molecular complexity index is 509. The summed E-state index contributed by atoms with van der Waals surface area (Å²) in [6, 6.07) is 7.07. The molecule has 1 saturated carbocycles. The van der Waals surface area contributed by atoms with E-state index in [1.807, 2.05) is 12.1 Å². The van der Waals surface area contributed by atoms with Crippen LogP contribution in [0.15, 0.2) is 24.3 Å². The molecule has 1 aromatic rings. The first-order valence-electron chi connectivity index (χ1n) is 7.73. The fourth-order valence-corrected chi connectivity index (χ4v) is 3.31. The minimum Gasteiger partial charge on any atom is -0.478 e. The third-order valence-corrected chi connectivity index (χ3v) is 4.77. The van der Waals surface area contributed by atoms with Crippen LogP contribution in [0.3, 0.4) is 0 Å². The van der Waals surface area contributed by atoms with Crippen LogP contribution in [0.5, 0.6) is 0 Å². The zero-order chi connectivity index (χ0) is 14.9. The number of ether oxygens (including phenoxy) is 1. The average Bonchev–Trinajstić information content (AvgIpc) is 3.23. The summed E-state index contributed by atoms with van der Waals surface area (Å²) < 4.78 is 5.93. The number of carboxylic acids is 1. The van der Waals surface area contributed by atoms with Crippen molar-refractivity contribution < 1.29 is 14.6 Å². The van der Waals surface area contributed by atoms with Crippen LogP contribution in [0, 0.1) is 11.3 Å². The van der Waals surface area contributed by atoms with Gasteiger partial charge in [0.15, 0.2) is 0 Å². The molecule has 4 heteroatoms. The molecular weight excluding hydrogens is 266 g/mol. The number of benzene rings is 1. The number of rotatable bonds is 6. The lowest BCUT2D eigenvalue weighted by atomic mass is 9.81. The summed E-state index contributed by atoms with van der Waals surface area (Å²) in [4.78, 5) is 10.8. The van der Waals surface area contributed by atoms with Crippen molar-refractivity contribution in [3.8, 4) is 0 Å². The fourth-order valence-electron chi connectivity index (χ4n) is 3.31. The monoisotopic (exact) mass is 289 g/mol. The van der Waals surface area contributed by atoms with Crippen LogP contribution in [0.1, 0.15) is 42.1 Å². The van der Waals surface area contributed by atoms with Gasteiger partial charge in [-0.15, -0.1) is 0 Å². The molecule has 3 rings (SSSR count). The molecule has 0 aromatic heterocycles. The first kappa shape index (κ1) is 14.5. The average molecular weight is 289 g/mol. The van der Waals surface area contributed by atoms with Crippen molar-refractivity contribution in [2.24, 2.45) is 11.3 Å². The summed E-state index contributed by atoms with van der Waals surface area (Å²) >= 11 is 0. The molecule has 2 atom stereocenters. The highest BCUT2D eigenvalue weighted by molar-refractivity contribution is 5.87. The lowest BCUT2D eigenvalue weighted by Gasteiger charge is -2.30. The highest BCUT2D eigenvalue weighted by atomic mass is 16.5. The number of nitrogens with one attached hydrogen (secondary N) is 1. The number of hydrogen-bond acceptors (Lipinski definition) is 3. The maximum atomic E-state index is 10.8. The van der Waals surface area contributed by atoms with Crippen molar-refractivity contribution in [3.05, 3.63) is 35.4 Å². The lowest BCUT2D eigenvalue weighted by molar-refractivity contribution is 0.0386. The van der Waals surface area contributed by atoms with E-state index in [-0.39, 0.29) is 5.41 Å². The highest BCUT2D eigenvalue weighted by Crippen LogP contribution is 2.47. The third kappa shape index (κ3) is 3.27. The zero-order valence-electron chi connectivity index (χ0n) is 12.5. The van der Waals surface area contributed by atoms with E-state index in [1.54, 1.807) is 12.1 Å². The molecule has 4 nitrogen and oxygen atoms in total. The van der Waals surface area contributed by atoms with E-state index in [2.05, 4.69) is 12.2 Å². The Morgan fingerprint density at radius 2 is 2.10 bits per heavy atom. The van der Waals surface area contributed by atoms with Crippen molar-refractivity contribution in [2.45, 2.75) is 38.8 Å². The smallest absolute Gasteiger partial charge is 0.335 e. The van der Waals surface area contributed by atoms with Gasteiger partial charge in [0.25, 0.3) is 0 Å². The molecule has 0 radical (unpaired) electrons. The first-order valence-corrected chi connectivity index (χ1v) is 7.73. The Balaban J connectivity index is 1.52. The van der Waals surface area contributed by atoms with Gasteiger partial charge in [-0.3, -0.25) is 0 Å². The van der Waals surface area contributed by atoms with Gasteiger partial charge in [0.2, 0.25) is 0 Å². The Hall–Kier alpha value is -1.39. The summed E-state index contributed by atoms with van der Waals surface area (Å²) in [5, 5.41) is 12.4. The summed E-state index contributed by atoms with van der Waals surface area (Å²) in [6.07, 6.45) is 4.17. The third-order valence-electron chi connectivity index (χ3n) is 4.77. The number of hydrogen-bond donors (Lipinski definition) is 2. The zero-order valence-corrected chi connectivity index (χ0v) is 12.5. The van der Waals surface area contributed by atoms with Gasteiger partial charge in [0, 0.05) is 25.1 Å². The molecule has 0 bridgehead atoms. The maximum absolute atomic E-state index is 10.8. The second kappa shape index (κ2) is 5.78. The van der Waals surface area contributed by atoms with E-state index >= 15 is 0 Å². The molecule has 1 heterocycles.